The predicted molar refractivity (Wildman–Crippen MR) is 61.4 cm³/mol. The number of nitrogens with one attached hydrogen (secondary N) is 1. The van der Waals surface area contributed by atoms with E-state index in [-0.39, 0.29) is 12.6 Å². The van der Waals surface area contributed by atoms with Gasteiger partial charge in [-0.2, -0.15) is 0 Å². The minimum Gasteiger partial charge on any atom is -0.465 e. The van der Waals surface area contributed by atoms with Crippen LogP contribution in [0.3, 0.4) is 0 Å². The minimum absolute atomic E-state index is 0.0576. The molecule has 0 aromatic rings. The van der Waals surface area contributed by atoms with Crippen molar-refractivity contribution in [1.82, 2.24) is 5.32 Å². The molecular weight excluding hydrogens is 224 g/mol. The number of hydrogen-bond donors (Lipinski definition) is 1. The van der Waals surface area contributed by atoms with Gasteiger partial charge >= 0.3 is 5.97 Å². The highest BCUT2D eigenvalue weighted by Gasteiger charge is 2.22. The van der Waals surface area contributed by atoms with Gasteiger partial charge in [0.25, 0.3) is 0 Å². The van der Waals surface area contributed by atoms with Gasteiger partial charge in [-0.25, -0.2) is 0 Å². The zero-order valence-electron chi connectivity index (χ0n) is 9.96. The van der Waals surface area contributed by atoms with Crippen LogP contribution in [0.1, 0.15) is 19.8 Å². The molecule has 1 saturated heterocycles. The van der Waals surface area contributed by atoms with E-state index in [1.807, 2.05) is 0 Å². The molecule has 2 unspecified atom stereocenters. The van der Waals surface area contributed by atoms with Gasteiger partial charge in [-0.15, -0.1) is 0 Å². The van der Waals surface area contributed by atoms with E-state index < -0.39 is 12.0 Å². The topological polar surface area (TPSA) is 96.3 Å². The standard InChI is InChI=1S/C10H18N4O3/c1-2-16-10(15)9(7-13-14-11)12-6-8-4-3-5-17-8/h8-9,12H,2-7H2,1H3. The molecule has 96 valence electrons. The average Bonchev–Trinajstić information content (AvgIpc) is 2.82. The maximum Gasteiger partial charge on any atom is 0.323 e. The molecule has 0 radical (unpaired) electrons. The van der Waals surface area contributed by atoms with E-state index in [0.717, 1.165) is 19.4 Å². The van der Waals surface area contributed by atoms with Crippen LogP contribution in [0.15, 0.2) is 5.11 Å². The van der Waals surface area contributed by atoms with Crippen molar-refractivity contribution in [2.45, 2.75) is 31.9 Å². The summed E-state index contributed by atoms with van der Waals surface area (Å²) >= 11 is 0. The molecule has 7 heteroatoms. The average molecular weight is 242 g/mol. The molecule has 0 spiro atoms. The molecule has 0 aromatic heterocycles. The largest absolute Gasteiger partial charge is 0.465 e. The molecule has 7 nitrogen and oxygen atoms in total. The molecule has 1 aliphatic rings. The highest BCUT2D eigenvalue weighted by Crippen LogP contribution is 2.10. The van der Waals surface area contributed by atoms with Crippen molar-refractivity contribution in [3.05, 3.63) is 10.4 Å². The van der Waals surface area contributed by atoms with Gasteiger partial charge in [-0.3, -0.25) is 4.79 Å². The first-order valence-corrected chi connectivity index (χ1v) is 5.80. The van der Waals surface area contributed by atoms with Crippen molar-refractivity contribution in [2.24, 2.45) is 5.11 Å². The number of hydrogen-bond acceptors (Lipinski definition) is 5. The third-order valence-electron chi connectivity index (χ3n) is 2.51. The lowest BCUT2D eigenvalue weighted by molar-refractivity contribution is -0.145. The van der Waals surface area contributed by atoms with Gasteiger partial charge in [-0.05, 0) is 25.3 Å². The normalized spacial score (nSPS) is 20.6. The molecule has 0 saturated carbocycles. The molecule has 17 heavy (non-hydrogen) atoms. The zero-order valence-corrected chi connectivity index (χ0v) is 9.96. The van der Waals surface area contributed by atoms with Crippen molar-refractivity contribution < 1.29 is 14.3 Å². The van der Waals surface area contributed by atoms with Crippen molar-refractivity contribution in [3.63, 3.8) is 0 Å². The molecule has 2 atom stereocenters. The molecule has 0 amide bonds. The Bertz CT molecular complexity index is 285. The van der Waals surface area contributed by atoms with Gasteiger partial charge in [0.1, 0.15) is 6.04 Å². The van der Waals surface area contributed by atoms with Gasteiger partial charge in [0.15, 0.2) is 0 Å². The van der Waals surface area contributed by atoms with Crippen LogP contribution in [0, 0.1) is 0 Å². The first kappa shape index (κ1) is 13.8. The van der Waals surface area contributed by atoms with Gasteiger partial charge in [0.05, 0.1) is 19.3 Å². The Labute approximate surface area is 100 Å². The summed E-state index contributed by atoms with van der Waals surface area (Å²) in [6, 6.07) is -0.588. The second-order valence-corrected chi connectivity index (χ2v) is 3.76. The lowest BCUT2D eigenvalue weighted by atomic mass is 10.2. The SMILES string of the molecule is CCOC(=O)C(CN=[N+]=[N-])NCC1CCCO1. The highest BCUT2D eigenvalue weighted by molar-refractivity contribution is 5.76. The second kappa shape index (κ2) is 7.89. The van der Waals surface area contributed by atoms with E-state index >= 15 is 0 Å². The van der Waals surface area contributed by atoms with E-state index in [9.17, 15) is 4.79 Å². The van der Waals surface area contributed by atoms with Crippen LogP contribution in [-0.2, 0) is 14.3 Å². The quantitative estimate of drug-likeness (QED) is 0.311. The van der Waals surface area contributed by atoms with Crippen LogP contribution in [0.25, 0.3) is 10.4 Å². The monoisotopic (exact) mass is 242 g/mol. The van der Waals surface area contributed by atoms with Crippen LogP contribution in [0.5, 0.6) is 0 Å². The highest BCUT2D eigenvalue weighted by atomic mass is 16.5. The Hall–Kier alpha value is -1.30. The number of carbonyl (C=O) groups excluding carboxylic acids is 1. The number of ether oxygens (including phenoxy) is 2. The van der Waals surface area contributed by atoms with E-state index in [0.29, 0.717) is 13.2 Å². The molecule has 0 bridgehead atoms. The Kier molecular flexibility index (Phi) is 6.39. The van der Waals surface area contributed by atoms with Crippen molar-refractivity contribution >= 4 is 5.97 Å². The summed E-state index contributed by atoms with van der Waals surface area (Å²) in [6.07, 6.45) is 2.18. The fourth-order valence-corrected chi connectivity index (χ4v) is 1.66. The summed E-state index contributed by atoms with van der Waals surface area (Å²) in [7, 11) is 0. The van der Waals surface area contributed by atoms with Gasteiger partial charge in [0.2, 0.25) is 0 Å². The van der Waals surface area contributed by atoms with Crippen LogP contribution in [-0.4, -0.2) is 44.4 Å². The van der Waals surface area contributed by atoms with E-state index in [1.165, 1.54) is 0 Å². The Balaban J connectivity index is 2.38. The lowest BCUT2D eigenvalue weighted by Gasteiger charge is -2.17. The number of rotatable bonds is 7. The van der Waals surface area contributed by atoms with Crippen LogP contribution in [0.2, 0.25) is 0 Å². The van der Waals surface area contributed by atoms with E-state index in [4.69, 9.17) is 15.0 Å². The summed E-state index contributed by atoms with van der Waals surface area (Å²) in [5, 5.41) is 6.41. The molecule has 1 N–H and O–H groups in total. The number of esters is 1. The van der Waals surface area contributed by atoms with Crippen molar-refractivity contribution in [1.29, 1.82) is 0 Å². The summed E-state index contributed by atoms with van der Waals surface area (Å²) in [4.78, 5) is 14.2. The molecule has 1 fully saturated rings. The molecule has 1 rings (SSSR count). The van der Waals surface area contributed by atoms with E-state index in [2.05, 4.69) is 15.3 Å². The van der Waals surface area contributed by atoms with E-state index in [1.54, 1.807) is 6.92 Å². The number of carbonyl (C=O) groups is 1. The number of nitrogens with zero attached hydrogens (tertiary/aromatic N) is 3. The Morgan fingerprint density at radius 2 is 2.59 bits per heavy atom. The third kappa shape index (κ3) is 5.04. The molecule has 0 aromatic carbocycles. The minimum atomic E-state index is -0.588. The first-order chi connectivity index (χ1) is 8.27. The maximum atomic E-state index is 11.5. The zero-order chi connectivity index (χ0) is 12.5. The van der Waals surface area contributed by atoms with Gasteiger partial charge < -0.3 is 14.8 Å². The predicted octanol–water partition coefficient (Wildman–Crippen LogP) is 0.997. The first-order valence-electron chi connectivity index (χ1n) is 5.80. The summed E-state index contributed by atoms with van der Waals surface area (Å²) in [5.74, 6) is -0.391. The Morgan fingerprint density at radius 1 is 1.76 bits per heavy atom. The summed E-state index contributed by atoms with van der Waals surface area (Å²) < 4.78 is 10.3. The van der Waals surface area contributed by atoms with Gasteiger partial charge in [-0.1, -0.05) is 5.11 Å². The summed E-state index contributed by atoms with van der Waals surface area (Å²) in [5.41, 5.74) is 8.26. The van der Waals surface area contributed by atoms with Crippen LogP contribution < -0.4 is 5.32 Å². The van der Waals surface area contributed by atoms with Crippen LogP contribution in [0.4, 0.5) is 0 Å². The molecule has 0 aliphatic carbocycles. The second-order valence-electron chi connectivity index (χ2n) is 3.76. The molecular formula is C10H18N4O3. The Morgan fingerprint density at radius 3 is 3.18 bits per heavy atom. The van der Waals surface area contributed by atoms with Crippen LogP contribution >= 0.6 is 0 Å². The van der Waals surface area contributed by atoms with Gasteiger partial charge in [0, 0.05) is 18.1 Å². The molecule has 1 aliphatic heterocycles. The lowest BCUT2D eigenvalue weighted by Crippen LogP contribution is -2.43. The molecule has 1 heterocycles. The summed E-state index contributed by atoms with van der Waals surface area (Å²) in [6.45, 7) is 3.45. The van der Waals surface area contributed by atoms with Crippen molar-refractivity contribution in [3.8, 4) is 0 Å². The maximum absolute atomic E-state index is 11.5. The fourth-order valence-electron chi connectivity index (χ4n) is 1.66. The smallest absolute Gasteiger partial charge is 0.323 e. The number of azide groups is 1. The van der Waals surface area contributed by atoms with Crippen molar-refractivity contribution in [2.75, 3.05) is 26.3 Å². The fraction of sp³-hybridized carbons (Fsp3) is 0.900. The third-order valence-corrected chi connectivity index (χ3v) is 2.51.